The van der Waals surface area contributed by atoms with Crippen LogP contribution in [0.15, 0.2) is 77.7 Å². The lowest BCUT2D eigenvalue weighted by Crippen LogP contribution is -2.36. The molecule has 3 aromatic rings. The van der Waals surface area contributed by atoms with E-state index in [1.165, 1.54) is 0 Å². The van der Waals surface area contributed by atoms with Gasteiger partial charge >= 0.3 is 0 Å². The zero-order valence-corrected chi connectivity index (χ0v) is 20.8. The molecule has 0 spiro atoms. The number of carbonyl (C=O) groups excluding carboxylic acids is 3. The Hall–Kier alpha value is -4.04. The molecule has 0 aliphatic carbocycles. The largest absolute Gasteiger partial charge is 0.490 e. The molecule has 3 amide bonds. The summed E-state index contributed by atoms with van der Waals surface area (Å²) in [6, 6.07) is 22.4. The number of hydrogen-bond donors (Lipinski definition) is 1. The van der Waals surface area contributed by atoms with Crippen molar-refractivity contribution in [3.8, 4) is 11.5 Å². The Balaban J connectivity index is 1.30. The molecule has 0 aromatic heterocycles. The summed E-state index contributed by atoms with van der Waals surface area (Å²) in [5, 5.41) is 2.31. The van der Waals surface area contributed by atoms with Gasteiger partial charge in [0.05, 0.1) is 4.91 Å². The topological polar surface area (TPSA) is 84.9 Å². The maximum Gasteiger partial charge on any atom is 0.294 e. The molecule has 1 heterocycles. The number of amides is 3. The number of ether oxygens (including phenoxy) is 2. The third kappa shape index (κ3) is 6.55. The van der Waals surface area contributed by atoms with Gasteiger partial charge in [0.1, 0.15) is 31.3 Å². The Bertz CT molecular complexity index is 1290. The molecule has 1 aliphatic rings. The van der Waals surface area contributed by atoms with Gasteiger partial charge in [-0.2, -0.15) is 0 Å². The van der Waals surface area contributed by atoms with Gasteiger partial charge in [0.15, 0.2) is 0 Å². The van der Waals surface area contributed by atoms with Gasteiger partial charge in [0, 0.05) is 5.69 Å². The van der Waals surface area contributed by atoms with E-state index in [1.54, 1.807) is 30.3 Å². The number of benzene rings is 3. The highest BCUT2D eigenvalue weighted by Crippen LogP contribution is 2.32. The summed E-state index contributed by atoms with van der Waals surface area (Å²) in [7, 11) is 0. The number of para-hydroxylation sites is 1. The third-order valence-electron chi connectivity index (χ3n) is 5.38. The molecule has 3 aromatic carbocycles. The van der Waals surface area contributed by atoms with Crippen molar-refractivity contribution >= 4 is 40.6 Å². The molecule has 36 heavy (non-hydrogen) atoms. The quantitative estimate of drug-likeness (QED) is 0.310. The first-order chi connectivity index (χ1) is 17.4. The average Bonchev–Trinajstić information content (AvgIpc) is 3.13. The SMILES string of the molecule is Cc1ccc(C)c(NC(=O)CN2C(=O)S/C(=C/c3ccc(OCCOc4ccccc4)cc3)C2=O)c1. The predicted octanol–water partition coefficient (Wildman–Crippen LogP) is 5.44. The maximum atomic E-state index is 12.8. The zero-order chi connectivity index (χ0) is 25.5. The first-order valence-electron chi connectivity index (χ1n) is 11.4. The molecule has 0 unspecified atom stereocenters. The van der Waals surface area contributed by atoms with Gasteiger partial charge in [-0.15, -0.1) is 0 Å². The summed E-state index contributed by atoms with van der Waals surface area (Å²) in [5.41, 5.74) is 3.31. The van der Waals surface area contributed by atoms with Crippen molar-refractivity contribution in [2.45, 2.75) is 13.8 Å². The smallest absolute Gasteiger partial charge is 0.294 e. The molecule has 0 saturated carbocycles. The van der Waals surface area contributed by atoms with Gasteiger partial charge in [-0.25, -0.2) is 0 Å². The molecular formula is C28H26N2O5S. The monoisotopic (exact) mass is 502 g/mol. The van der Waals surface area contributed by atoms with Gasteiger partial charge in [-0.3, -0.25) is 19.3 Å². The number of rotatable bonds is 9. The minimum absolute atomic E-state index is 0.268. The standard InChI is InChI=1S/C28H26N2O5S/c1-19-8-9-20(2)24(16-19)29-26(31)18-30-27(32)25(36-28(30)33)17-21-10-12-23(13-11-21)35-15-14-34-22-6-4-3-5-7-22/h3-13,16-17H,14-15,18H2,1-2H3,(H,29,31)/b25-17+. The van der Waals surface area contributed by atoms with Crippen LogP contribution in [0.4, 0.5) is 10.5 Å². The van der Waals surface area contributed by atoms with Crippen LogP contribution in [0.5, 0.6) is 11.5 Å². The summed E-state index contributed by atoms with van der Waals surface area (Å²) in [5.74, 6) is 0.540. The molecule has 1 N–H and O–H groups in total. The summed E-state index contributed by atoms with van der Waals surface area (Å²) in [4.78, 5) is 38.9. The van der Waals surface area contributed by atoms with Crippen LogP contribution in [-0.4, -0.2) is 41.7 Å². The summed E-state index contributed by atoms with van der Waals surface area (Å²) >= 11 is 0.820. The van der Waals surface area contributed by atoms with Gasteiger partial charge in [-0.1, -0.05) is 42.5 Å². The number of anilines is 1. The number of hydrogen-bond acceptors (Lipinski definition) is 6. The summed E-state index contributed by atoms with van der Waals surface area (Å²) in [6.45, 7) is 4.27. The number of nitrogens with one attached hydrogen (secondary N) is 1. The Morgan fingerprint density at radius 2 is 1.58 bits per heavy atom. The maximum absolute atomic E-state index is 12.8. The van der Waals surface area contributed by atoms with Crippen molar-refractivity contribution in [3.05, 3.63) is 94.4 Å². The van der Waals surface area contributed by atoms with Crippen LogP contribution in [0.25, 0.3) is 6.08 Å². The molecule has 1 saturated heterocycles. The first-order valence-corrected chi connectivity index (χ1v) is 12.2. The second-order valence-corrected chi connectivity index (χ2v) is 9.21. The summed E-state index contributed by atoms with van der Waals surface area (Å²) in [6.07, 6.45) is 1.63. The number of imide groups is 1. The lowest BCUT2D eigenvalue weighted by atomic mass is 10.1. The molecule has 1 fully saturated rings. The molecule has 4 rings (SSSR count). The van der Waals surface area contributed by atoms with Gasteiger partial charge in [-0.05, 0) is 78.7 Å². The van der Waals surface area contributed by atoms with Crippen LogP contribution in [-0.2, 0) is 9.59 Å². The Morgan fingerprint density at radius 3 is 2.28 bits per heavy atom. The van der Waals surface area contributed by atoms with E-state index in [9.17, 15) is 14.4 Å². The lowest BCUT2D eigenvalue weighted by molar-refractivity contribution is -0.127. The van der Waals surface area contributed by atoms with Crippen LogP contribution in [0.3, 0.4) is 0 Å². The molecule has 8 heteroatoms. The fraction of sp³-hybridized carbons (Fsp3) is 0.179. The Labute approximate surface area is 214 Å². The lowest BCUT2D eigenvalue weighted by Gasteiger charge is -2.14. The van der Waals surface area contributed by atoms with E-state index in [4.69, 9.17) is 9.47 Å². The molecule has 0 atom stereocenters. The third-order valence-corrected chi connectivity index (χ3v) is 6.29. The summed E-state index contributed by atoms with van der Waals surface area (Å²) < 4.78 is 11.3. The highest BCUT2D eigenvalue weighted by molar-refractivity contribution is 8.18. The molecule has 7 nitrogen and oxygen atoms in total. The minimum atomic E-state index is -0.487. The van der Waals surface area contributed by atoms with Crippen molar-refractivity contribution in [3.63, 3.8) is 0 Å². The van der Waals surface area contributed by atoms with Gasteiger partial charge in [0.2, 0.25) is 5.91 Å². The van der Waals surface area contributed by atoms with E-state index >= 15 is 0 Å². The van der Waals surface area contributed by atoms with Gasteiger partial charge in [0.25, 0.3) is 11.1 Å². The van der Waals surface area contributed by atoms with Crippen molar-refractivity contribution in [2.24, 2.45) is 0 Å². The first kappa shape index (κ1) is 25.1. The molecular weight excluding hydrogens is 476 g/mol. The molecule has 0 bridgehead atoms. The van der Waals surface area contributed by atoms with E-state index in [-0.39, 0.29) is 11.4 Å². The van der Waals surface area contributed by atoms with E-state index in [0.717, 1.165) is 39.1 Å². The average molecular weight is 503 g/mol. The predicted molar refractivity (Wildman–Crippen MR) is 141 cm³/mol. The number of nitrogens with zero attached hydrogens (tertiary/aromatic N) is 1. The fourth-order valence-corrected chi connectivity index (χ4v) is 4.33. The van der Waals surface area contributed by atoms with E-state index < -0.39 is 17.1 Å². The fourth-order valence-electron chi connectivity index (χ4n) is 3.49. The normalized spacial score (nSPS) is 14.3. The number of thioether (sulfide) groups is 1. The highest BCUT2D eigenvalue weighted by atomic mass is 32.2. The van der Waals surface area contributed by atoms with E-state index in [2.05, 4.69) is 5.32 Å². The second kappa shape index (κ2) is 11.6. The van der Waals surface area contributed by atoms with E-state index in [0.29, 0.717) is 24.7 Å². The van der Waals surface area contributed by atoms with Crippen LogP contribution >= 0.6 is 11.8 Å². The van der Waals surface area contributed by atoms with Crippen LogP contribution in [0, 0.1) is 13.8 Å². The minimum Gasteiger partial charge on any atom is -0.490 e. The zero-order valence-electron chi connectivity index (χ0n) is 20.0. The molecule has 184 valence electrons. The van der Waals surface area contributed by atoms with E-state index in [1.807, 2.05) is 62.4 Å². The molecule has 1 aliphatic heterocycles. The number of carbonyl (C=O) groups is 3. The second-order valence-electron chi connectivity index (χ2n) is 8.21. The van der Waals surface area contributed by atoms with Crippen LogP contribution < -0.4 is 14.8 Å². The van der Waals surface area contributed by atoms with Crippen molar-refractivity contribution in [1.82, 2.24) is 4.90 Å². The number of aryl methyl sites for hydroxylation is 2. The van der Waals surface area contributed by atoms with Crippen molar-refractivity contribution < 1.29 is 23.9 Å². The molecule has 0 radical (unpaired) electrons. The van der Waals surface area contributed by atoms with Gasteiger partial charge < -0.3 is 14.8 Å². The van der Waals surface area contributed by atoms with Crippen molar-refractivity contribution in [2.75, 3.05) is 25.1 Å². The van der Waals surface area contributed by atoms with Crippen LogP contribution in [0.1, 0.15) is 16.7 Å². The Morgan fingerprint density at radius 1 is 0.917 bits per heavy atom. The highest BCUT2D eigenvalue weighted by Gasteiger charge is 2.36. The van der Waals surface area contributed by atoms with Crippen molar-refractivity contribution in [1.29, 1.82) is 0 Å². The Kier molecular flexibility index (Phi) is 8.07. The van der Waals surface area contributed by atoms with Crippen LogP contribution in [0.2, 0.25) is 0 Å².